The number of ether oxygens (including phenoxy) is 3. The van der Waals surface area contributed by atoms with E-state index in [2.05, 4.69) is 15.6 Å². The number of carbonyl (C=O) groups is 2. The highest BCUT2D eigenvalue weighted by molar-refractivity contribution is 5.96. The average molecular weight is 553 g/mol. The molecule has 0 aliphatic carbocycles. The molecule has 5 heterocycles. The summed E-state index contributed by atoms with van der Waals surface area (Å²) in [6.45, 7) is 1.26. The minimum atomic E-state index is -1.37. The standard InChI is InChI=1S/C27H32N6O7/c1-38-21-12-18-13-22(39-2)23(21)40-11-5-10-33-15-19(29-30-33)14-31-8-3-6-20(26(31)36)24(34)28-16-27(37)7-4-9-32(17-27)25(18)35/h3,6,8,12-13,15,37H,4-5,7,9-11,14,16-17H2,1-2H3,(H,28,34). The number of hydrogen-bond acceptors (Lipinski definition) is 9. The average Bonchev–Trinajstić information content (AvgIpc) is 3.41. The highest BCUT2D eigenvalue weighted by Crippen LogP contribution is 2.39. The lowest BCUT2D eigenvalue weighted by molar-refractivity contribution is -0.0224. The van der Waals surface area contributed by atoms with Crippen LogP contribution in [0.5, 0.6) is 17.2 Å². The van der Waals surface area contributed by atoms with Gasteiger partial charge < -0.3 is 34.1 Å². The van der Waals surface area contributed by atoms with E-state index in [1.807, 2.05) is 0 Å². The smallest absolute Gasteiger partial charge is 0.263 e. The second-order valence-corrected chi connectivity index (χ2v) is 9.98. The quantitative estimate of drug-likeness (QED) is 0.468. The van der Waals surface area contributed by atoms with Crippen LogP contribution < -0.4 is 25.1 Å². The molecule has 2 N–H and O–H groups in total. The first kappa shape index (κ1) is 27.2. The number of methoxy groups -OCH3 is 2. The molecule has 6 rings (SSSR count). The summed E-state index contributed by atoms with van der Waals surface area (Å²) in [5.74, 6) is 0.146. The lowest BCUT2D eigenvalue weighted by atomic mass is 9.92. The molecule has 13 nitrogen and oxygen atoms in total. The number of nitrogens with zero attached hydrogens (tertiary/aromatic N) is 5. The maximum absolute atomic E-state index is 13.5. The molecule has 13 heteroatoms. The van der Waals surface area contributed by atoms with Gasteiger partial charge in [0.2, 0.25) is 5.75 Å². The molecule has 8 bridgehead atoms. The highest BCUT2D eigenvalue weighted by Gasteiger charge is 2.36. The van der Waals surface area contributed by atoms with Gasteiger partial charge in [0.05, 0.1) is 45.7 Å². The van der Waals surface area contributed by atoms with Crippen LogP contribution in [-0.4, -0.2) is 87.4 Å². The van der Waals surface area contributed by atoms with Crippen molar-refractivity contribution in [3.05, 3.63) is 63.8 Å². The van der Waals surface area contributed by atoms with E-state index in [1.54, 1.807) is 35.3 Å². The Morgan fingerprint density at radius 1 is 1.10 bits per heavy atom. The van der Waals surface area contributed by atoms with Crippen molar-refractivity contribution in [3.8, 4) is 17.2 Å². The Hall–Kier alpha value is -4.39. The fourth-order valence-corrected chi connectivity index (χ4v) is 5.03. The van der Waals surface area contributed by atoms with Gasteiger partial charge in [-0.2, -0.15) is 0 Å². The fraction of sp³-hybridized carbons (Fsp3) is 0.444. The SMILES string of the molecule is COc1cc2cc(OC)c1OCCCn1cc(nn1)Cn1cccc(c1=O)C(=O)NCC1(O)CCCN(C1)C2=O. The summed E-state index contributed by atoms with van der Waals surface area (Å²) in [7, 11) is 2.97. The van der Waals surface area contributed by atoms with Crippen molar-refractivity contribution in [2.45, 2.75) is 38.0 Å². The molecular formula is C27H32N6O7. The van der Waals surface area contributed by atoms with Crippen molar-refractivity contribution in [1.29, 1.82) is 0 Å². The number of nitrogens with one attached hydrogen (secondary N) is 1. The normalized spacial score (nSPS) is 20.1. The first-order chi connectivity index (χ1) is 19.3. The zero-order valence-corrected chi connectivity index (χ0v) is 22.5. The van der Waals surface area contributed by atoms with Gasteiger partial charge in [-0.3, -0.25) is 19.1 Å². The Balaban J connectivity index is 1.48. The van der Waals surface area contributed by atoms with Crippen LogP contribution in [0.25, 0.3) is 0 Å². The van der Waals surface area contributed by atoms with Gasteiger partial charge in [0.15, 0.2) is 11.5 Å². The van der Waals surface area contributed by atoms with Crippen molar-refractivity contribution in [2.24, 2.45) is 0 Å². The van der Waals surface area contributed by atoms with E-state index < -0.39 is 17.1 Å². The number of rotatable bonds is 2. The topological polar surface area (TPSA) is 150 Å². The third kappa shape index (κ3) is 5.64. The number of fused-ring (bicyclic) bond motifs is 7. The number of carbonyl (C=O) groups excluding carboxylic acids is 2. The van der Waals surface area contributed by atoms with Gasteiger partial charge in [0, 0.05) is 37.8 Å². The summed E-state index contributed by atoms with van der Waals surface area (Å²) in [6, 6.07) is 6.23. The molecule has 0 spiro atoms. The van der Waals surface area contributed by atoms with E-state index in [0.29, 0.717) is 67.5 Å². The maximum Gasteiger partial charge on any atom is 0.263 e. The van der Waals surface area contributed by atoms with Crippen LogP contribution in [-0.2, 0) is 13.1 Å². The van der Waals surface area contributed by atoms with E-state index in [1.165, 1.54) is 29.8 Å². The predicted octanol–water partition coefficient (Wildman–Crippen LogP) is 0.685. The molecule has 40 heavy (non-hydrogen) atoms. The first-order valence-corrected chi connectivity index (χ1v) is 13.1. The van der Waals surface area contributed by atoms with Crippen molar-refractivity contribution >= 4 is 11.8 Å². The molecule has 3 aromatic rings. The molecule has 2 aromatic heterocycles. The van der Waals surface area contributed by atoms with E-state index in [9.17, 15) is 19.5 Å². The van der Waals surface area contributed by atoms with Crippen LogP contribution in [0.15, 0.2) is 41.5 Å². The Bertz CT molecular complexity index is 1440. The van der Waals surface area contributed by atoms with Gasteiger partial charge in [-0.15, -0.1) is 5.10 Å². The number of aryl methyl sites for hydroxylation is 1. The van der Waals surface area contributed by atoms with Crippen LogP contribution >= 0.6 is 0 Å². The van der Waals surface area contributed by atoms with Crippen LogP contribution in [0.4, 0.5) is 0 Å². The molecule has 3 aliphatic heterocycles. The minimum absolute atomic E-state index is 0.00365. The molecule has 212 valence electrons. The van der Waals surface area contributed by atoms with E-state index in [0.717, 1.165) is 0 Å². The molecule has 1 unspecified atom stereocenters. The van der Waals surface area contributed by atoms with E-state index in [4.69, 9.17) is 14.2 Å². The van der Waals surface area contributed by atoms with Crippen molar-refractivity contribution in [3.63, 3.8) is 0 Å². The molecule has 2 amide bonds. The number of hydrogen-bond donors (Lipinski definition) is 2. The van der Waals surface area contributed by atoms with Gasteiger partial charge in [0.1, 0.15) is 11.3 Å². The highest BCUT2D eigenvalue weighted by atomic mass is 16.5. The number of benzene rings is 1. The fourth-order valence-electron chi connectivity index (χ4n) is 5.03. The number of pyridine rings is 1. The van der Waals surface area contributed by atoms with Crippen LogP contribution in [0.2, 0.25) is 0 Å². The largest absolute Gasteiger partial charge is 0.493 e. The third-order valence-electron chi connectivity index (χ3n) is 7.09. The van der Waals surface area contributed by atoms with Crippen LogP contribution in [0.3, 0.4) is 0 Å². The first-order valence-electron chi connectivity index (χ1n) is 13.1. The summed E-state index contributed by atoms with van der Waals surface area (Å²) >= 11 is 0. The van der Waals surface area contributed by atoms with E-state index >= 15 is 0 Å². The molecule has 0 radical (unpaired) electrons. The predicted molar refractivity (Wildman–Crippen MR) is 142 cm³/mol. The molecule has 3 aliphatic rings. The molecular weight excluding hydrogens is 520 g/mol. The van der Waals surface area contributed by atoms with Crippen LogP contribution in [0, 0.1) is 0 Å². The Morgan fingerprint density at radius 3 is 2.62 bits per heavy atom. The summed E-state index contributed by atoms with van der Waals surface area (Å²) < 4.78 is 20.1. The number of aliphatic hydroxyl groups is 1. The molecule has 1 saturated heterocycles. The number of piperidine rings is 1. The molecule has 0 saturated carbocycles. The summed E-state index contributed by atoms with van der Waals surface area (Å²) in [5, 5.41) is 22.3. The second kappa shape index (κ2) is 11.4. The maximum atomic E-state index is 13.5. The Labute approximate surface area is 230 Å². The summed E-state index contributed by atoms with van der Waals surface area (Å²) in [5.41, 5.74) is -1.03. The van der Waals surface area contributed by atoms with Gasteiger partial charge in [-0.05, 0) is 37.1 Å². The number of aromatic nitrogens is 4. The Morgan fingerprint density at radius 2 is 1.88 bits per heavy atom. The van der Waals surface area contributed by atoms with Gasteiger partial charge in [-0.1, -0.05) is 5.21 Å². The molecule has 1 fully saturated rings. The van der Waals surface area contributed by atoms with Gasteiger partial charge >= 0.3 is 0 Å². The minimum Gasteiger partial charge on any atom is -0.493 e. The van der Waals surface area contributed by atoms with Crippen molar-refractivity contribution in [1.82, 2.24) is 29.8 Å². The zero-order chi connectivity index (χ0) is 28.3. The second-order valence-electron chi connectivity index (χ2n) is 9.98. The van der Waals surface area contributed by atoms with Crippen LogP contribution in [0.1, 0.15) is 45.7 Å². The zero-order valence-electron chi connectivity index (χ0n) is 22.5. The molecule has 1 atom stereocenters. The summed E-state index contributed by atoms with van der Waals surface area (Å²) in [6.07, 6.45) is 4.81. The molecule has 1 aromatic carbocycles. The Kier molecular flexibility index (Phi) is 7.74. The summed E-state index contributed by atoms with van der Waals surface area (Å²) in [4.78, 5) is 41.0. The van der Waals surface area contributed by atoms with E-state index in [-0.39, 0.29) is 31.1 Å². The number of amides is 2. The lowest BCUT2D eigenvalue weighted by Gasteiger charge is -2.39. The third-order valence-corrected chi connectivity index (χ3v) is 7.09. The van der Waals surface area contributed by atoms with Gasteiger partial charge in [0.25, 0.3) is 17.4 Å². The van der Waals surface area contributed by atoms with Crippen molar-refractivity contribution in [2.75, 3.05) is 40.5 Å². The van der Waals surface area contributed by atoms with Crippen molar-refractivity contribution < 1.29 is 28.9 Å². The monoisotopic (exact) mass is 552 g/mol. The van der Waals surface area contributed by atoms with Gasteiger partial charge in [-0.25, -0.2) is 0 Å². The lowest BCUT2D eigenvalue weighted by Crippen LogP contribution is -2.55.